The zero-order valence-corrected chi connectivity index (χ0v) is 14.0. The molecule has 0 bridgehead atoms. The maximum Gasteiger partial charge on any atom is 0.0687 e. The molecule has 0 radical (unpaired) electrons. The predicted molar refractivity (Wildman–Crippen MR) is 86.2 cm³/mol. The van der Waals surface area contributed by atoms with E-state index < -0.39 is 0 Å². The lowest BCUT2D eigenvalue weighted by Crippen LogP contribution is -2.35. The van der Waals surface area contributed by atoms with Crippen molar-refractivity contribution in [2.45, 2.75) is 102 Å². The first-order chi connectivity index (χ1) is 10.1. The van der Waals surface area contributed by atoms with E-state index >= 15 is 0 Å². The van der Waals surface area contributed by atoms with Crippen molar-refractivity contribution in [1.29, 1.82) is 0 Å². The van der Waals surface area contributed by atoms with Crippen molar-refractivity contribution in [2.75, 3.05) is 0 Å². The first-order valence-corrected chi connectivity index (χ1v) is 9.44. The van der Waals surface area contributed by atoms with Crippen LogP contribution >= 0.6 is 0 Å². The molecule has 2 saturated carbocycles. The summed E-state index contributed by atoms with van der Waals surface area (Å²) in [7, 11) is 0. The highest BCUT2D eigenvalue weighted by Gasteiger charge is 2.42. The van der Waals surface area contributed by atoms with E-state index in [-0.39, 0.29) is 11.7 Å². The van der Waals surface area contributed by atoms with Gasteiger partial charge in [0, 0.05) is 0 Å². The van der Waals surface area contributed by atoms with E-state index in [0.717, 1.165) is 24.7 Å². The minimum absolute atomic E-state index is 0.0773. The third-order valence-corrected chi connectivity index (χ3v) is 6.59. The van der Waals surface area contributed by atoms with E-state index in [1.807, 2.05) is 0 Å². The van der Waals surface area contributed by atoms with E-state index in [9.17, 15) is 5.11 Å². The summed E-state index contributed by atoms with van der Waals surface area (Å²) in [6, 6.07) is 0. The Kier molecular flexibility index (Phi) is 4.95. The molecule has 2 nitrogen and oxygen atoms in total. The van der Waals surface area contributed by atoms with Crippen molar-refractivity contribution in [3.05, 3.63) is 0 Å². The van der Waals surface area contributed by atoms with Gasteiger partial charge in [-0.2, -0.15) is 0 Å². The summed E-state index contributed by atoms with van der Waals surface area (Å²) < 4.78 is 6.53. The summed E-state index contributed by atoms with van der Waals surface area (Å²) in [5.74, 6) is 2.05. The molecule has 3 rings (SSSR count). The second-order valence-corrected chi connectivity index (χ2v) is 8.40. The molecule has 122 valence electrons. The largest absolute Gasteiger partial charge is 0.393 e. The average molecular weight is 294 g/mol. The predicted octanol–water partition coefficient (Wildman–Crippen LogP) is 4.69. The Morgan fingerprint density at radius 2 is 1.81 bits per heavy atom. The van der Waals surface area contributed by atoms with Crippen LogP contribution < -0.4 is 0 Å². The Labute approximate surface area is 130 Å². The van der Waals surface area contributed by atoms with Gasteiger partial charge in [-0.05, 0) is 69.1 Å². The Morgan fingerprint density at radius 3 is 2.52 bits per heavy atom. The molecule has 1 saturated heterocycles. The van der Waals surface area contributed by atoms with Gasteiger partial charge in [0.05, 0.1) is 17.8 Å². The van der Waals surface area contributed by atoms with Crippen LogP contribution in [0.3, 0.4) is 0 Å². The molecule has 0 amide bonds. The number of aliphatic hydroxyl groups excluding tert-OH is 1. The minimum atomic E-state index is -0.0773. The summed E-state index contributed by atoms with van der Waals surface area (Å²) in [4.78, 5) is 0. The van der Waals surface area contributed by atoms with Crippen molar-refractivity contribution in [3.8, 4) is 0 Å². The number of hydrogen-bond acceptors (Lipinski definition) is 2. The van der Waals surface area contributed by atoms with Gasteiger partial charge in [0.2, 0.25) is 0 Å². The molecule has 3 fully saturated rings. The van der Waals surface area contributed by atoms with E-state index in [1.54, 1.807) is 0 Å². The fraction of sp³-hybridized carbons (Fsp3) is 1.00. The second kappa shape index (κ2) is 6.58. The standard InChI is InChI=1S/C19H34O2/c1-14(2)15-6-7-18(20)16(12-15)13-17-8-11-19(21-17)9-4-3-5-10-19/h14-18,20H,3-13H2,1-2H3. The molecule has 1 spiro atoms. The van der Waals surface area contributed by atoms with Gasteiger partial charge in [-0.3, -0.25) is 0 Å². The van der Waals surface area contributed by atoms with Crippen molar-refractivity contribution in [1.82, 2.24) is 0 Å². The van der Waals surface area contributed by atoms with Crippen LogP contribution in [0.25, 0.3) is 0 Å². The quantitative estimate of drug-likeness (QED) is 0.818. The molecule has 2 heteroatoms. The van der Waals surface area contributed by atoms with Gasteiger partial charge in [0.1, 0.15) is 0 Å². The highest BCUT2D eigenvalue weighted by molar-refractivity contribution is 4.93. The lowest BCUT2D eigenvalue weighted by Gasteiger charge is -2.37. The second-order valence-electron chi connectivity index (χ2n) is 8.40. The fourth-order valence-corrected chi connectivity index (χ4v) is 5.11. The van der Waals surface area contributed by atoms with E-state index in [1.165, 1.54) is 57.8 Å². The van der Waals surface area contributed by atoms with Crippen LogP contribution in [0.1, 0.15) is 84.5 Å². The van der Waals surface area contributed by atoms with Crippen molar-refractivity contribution < 1.29 is 9.84 Å². The molecule has 1 aliphatic heterocycles. The topological polar surface area (TPSA) is 29.5 Å². The lowest BCUT2D eigenvalue weighted by atomic mass is 9.73. The zero-order chi connectivity index (χ0) is 14.9. The van der Waals surface area contributed by atoms with Crippen LogP contribution in [0.4, 0.5) is 0 Å². The van der Waals surface area contributed by atoms with E-state index in [2.05, 4.69) is 13.8 Å². The Hall–Kier alpha value is -0.0800. The molecule has 21 heavy (non-hydrogen) atoms. The molecule has 0 aromatic carbocycles. The third-order valence-electron chi connectivity index (χ3n) is 6.59. The molecular formula is C19H34O2. The van der Waals surface area contributed by atoms with Crippen molar-refractivity contribution >= 4 is 0 Å². The maximum atomic E-state index is 10.4. The van der Waals surface area contributed by atoms with Crippen LogP contribution in [0.5, 0.6) is 0 Å². The number of ether oxygens (including phenoxy) is 1. The molecule has 0 aromatic heterocycles. The van der Waals surface area contributed by atoms with Crippen molar-refractivity contribution in [3.63, 3.8) is 0 Å². The van der Waals surface area contributed by atoms with Crippen molar-refractivity contribution in [2.24, 2.45) is 17.8 Å². The van der Waals surface area contributed by atoms with E-state index in [0.29, 0.717) is 12.0 Å². The van der Waals surface area contributed by atoms with Crippen LogP contribution in [-0.2, 0) is 4.74 Å². The average Bonchev–Trinajstić information content (AvgIpc) is 2.84. The van der Waals surface area contributed by atoms with Gasteiger partial charge in [-0.1, -0.05) is 33.1 Å². The summed E-state index contributed by atoms with van der Waals surface area (Å²) in [6.45, 7) is 4.67. The van der Waals surface area contributed by atoms with Crippen LogP contribution in [0.15, 0.2) is 0 Å². The molecule has 1 heterocycles. The lowest BCUT2D eigenvalue weighted by molar-refractivity contribution is -0.0809. The summed E-state index contributed by atoms with van der Waals surface area (Å²) in [6.07, 6.45) is 14.1. The summed E-state index contributed by atoms with van der Waals surface area (Å²) in [5.41, 5.74) is 0.236. The number of aliphatic hydroxyl groups is 1. The minimum Gasteiger partial charge on any atom is -0.393 e. The highest BCUT2D eigenvalue weighted by atomic mass is 16.5. The normalized spacial score (nSPS) is 40.0. The molecule has 4 atom stereocenters. The van der Waals surface area contributed by atoms with Crippen LogP contribution in [0, 0.1) is 17.8 Å². The third kappa shape index (κ3) is 3.64. The van der Waals surface area contributed by atoms with Gasteiger partial charge in [0.25, 0.3) is 0 Å². The van der Waals surface area contributed by atoms with Gasteiger partial charge in [-0.25, -0.2) is 0 Å². The molecular weight excluding hydrogens is 260 g/mol. The van der Waals surface area contributed by atoms with E-state index in [4.69, 9.17) is 4.74 Å². The van der Waals surface area contributed by atoms with Gasteiger partial charge < -0.3 is 9.84 Å². The fourth-order valence-electron chi connectivity index (χ4n) is 5.11. The van der Waals surface area contributed by atoms with Gasteiger partial charge in [0.15, 0.2) is 0 Å². The molecule has 0 aromatic rings. The smallest absolute Gasteiger partial charge is 0.0687 e. The monoisotopic (exact) mass is 294 g/mol. The summed E-state index contributed by atoms with van der Waals surface area (Å²) in [5, 5.41) is 10.4. The molecule has 2 aliphatic carbocycles. The molecule has 1 N–H and O–H groups in total. The maximum absolute atomic E-state index is 10.4. The van der Waals surface area contributed by atoms with Gasteiger partial charge >= 0.3 is 0 Å². The Balaban J connectivity index is 1.54. The van der Waals surface area contributed by atoms with Gasteiger partial charge in [-0.15, -0.1) is 0 Å². The summed E-state index contributed by atoms with van der Waals surface area (Å²) >= 11 is 0. The number of rotatable bonds is 3. The first kappa shape index (κ1) is 15.8. The molecule has 4 unspecified atom stereocenters. The highest BCUT2D eigenvalue weighted by Crippen LogP contribution is 2.45. The van der Waals surface area contributed by atoms with Crippen LogP contribution in [0.2, 0.25) is 0 Å². The Bertz CT molecular complexity index is 332. The SMILES string of the molecule is CC(C)C1CCC(O)C(CC2CCC3(CCCCC3)O2)C1. The zero-order valence-electron chi connectivity index (χ0n) is 14.0. The van der Waals surface area contributed by atoms with Crippen LogP contribution in [-0.4, -0.2) is 22.9 Å². The Morgan fingerprint density at radius 1 is 1.05 bits per heavy atom. The first-order valence-electron chi connectivity index (χ1n) is 9.44. The molecule has 3 aliphatic rings. The number of hydrogen-bond donors (Lipinski definition) is 1.